The topological polar surface area (TPSA) is 17.1 Å². The number of benzene rings is 1. The Hall–Kier alpha value is -1.18. The third kappa shape index (κ3) is 2.31. The molecule has 1 nitrogen and oxygen atoms in total. The highest BCUT2D eigenvalue weighted by Crippen LogP contribution is 2.32. The normalized spacial score (nSPS) is 24.7. The lowest BCUT2D eigenvalue weighted by molar-refractivity contribution is 0.0920. The van der Waals surface area contributed by atoms with Crippen molar-refractivity contribution < 1.29 is 9.18 Å². The first-order valence-corrected chi connectivity index (χ1v) is 5.87. The Morgan fingerprint density at radius 3 is 2.62 bits per heavy atom. The fourth-order valence-corrected chi connectivity index (χ4v) is 2.56. The molecule has 1 aromatic carbocycles. The fraction of sp³-hybridized carbons (Fsp3) is 0.500. The van der Waals surface area contributed by atoms with Crippen LogP contribution in [-0.2, 0) is 0 Å². The highest BCUT2D eigenvalue weighted by atomic mass is 19.1. The van der Waals surface area contributed by atoms with E-state index in [2.05, 4.69) is 6.92 Å². The average Bonchev–Trinajstić information content (AvgIpc) is 2.62. The first-order valence-electron chi connectivity index (χ1n) is 5.87. The smallest absolute Gasteiger partial charge is 0.166 e. The number of ketones is 1. The molecule has 2 rings (SSSR count). The summed E-state index contributed by atoms with van der Waals surface area (Å²) in [5.41, 5.74) is 1.35. The summed E-state index contributed by atoms with van der Waals surface area (Å²) in [5, 5.41) is 0. The van der Waals surface area contributed by atoms with Crippen molar-refractivity contribution in [3.63, 3.8) is 0 Å². The van der Waals surface area contributed by atoms with Gasteiger partial charge in [-0.2, -0.15) is 0 Å². The van der Waals surface area contributed by atoms with Gasteiger partial charge in [-0.25, -0.2) is 4.39 Å². The van der Waals surface area contributed by atoms with Gasteiger partial charge in [-0.1, -0.05) is 6.92 Å². The van der Waals surface area contributed by atoms with Gasteiger partial charge >= 0.3 is 0 Å². The lowest BCUT2D eigenvalue weighted by atomic mass is 9.94. The van der Waals surface area contributed by atoms with Crippen molar-refractivity contribution in [3.05, 3.63) is 35.1 Å². The average molecular weight is 220 g/mol. The van der Waals surface area contributed by atoms with Gasteiger partial charge in [-0.15, -0.1) is 0 Å². The van der Waals surface area contributed by atoms with Crippen molar-refractivity contribution in [2.75, 3.05) is 0 Å². The molecule has 1 fully saturated rings. The zero-order valence-electron chi connectivity index (χ0n) is 9.79. The van der Waals surface area contributed by atoms with Gasteiger partial charge in [-0.3, -0.25) is 4.79 Å². The maximum Gasteiger partial charge on any atom is 0.166 e. The summed E-state index contributed by atoms with van der Waals surface area (Å²) in [4.78, 5) is 12.1. The number of Topliss-reactive ketones (excluding diaryl/α,β-unsaturated/α-hetero) is 1. The molecule has 0 heterocycles. The van der Waals surface area contributed by atoms with E-state index in [4.69, 9.17) is 0 Å². The first-order chi connectivity index (χ1) is 7.56. The molecule has 1 saturated carbocycles. The standard InChI is InChI=1S/C14H17FO/c1-9-3-4-11(5-9)14(16)12-6-10(2)7-13(15)8-12/h6-9,11H,3-5H2,1-2H3. The third-order valence-corrected chi connectivity index (χ3v) is 3.39. The molecule has 16 heavy (non-hydrogen) atoms. The number of carbonyl (C=O) groups is 1. The Kier molecular flexibility index (Phi) is 3.08. The molecule has 0 bridgehead atoms. The molecule has 0 aromatic heterocycles. The Bertz CT molecular complexity index is 391. The van der Waals surface area contributed by atoms with E-state index >= 15 is 0 Å². The van der Waals surface area contributed by atoms with Crippen molar-refractivity contribution in [1.82, 2.24) is 0 Å². The van der Waals surface area contributed by atoms with Gasteiger partial charge in [0.15, 0.2) is 5.78 Å². The summed E-state index contributed by atoms with van der Waals surface area (Å²) in [5.74, 6) is 0.543. The van der Waals surface area contributed by atoms with Gasteiger partial charge in [0.25, 0.3) is 0 Å². The van der Waals surface area contributed by atoms with Gasteiger partial charge in [0.05, 0.1) is 0 Å². The van der Waals surface area contributed by atoms with Crippen molar-refractivity contribution >= 4 is 5.78 Å². The number of rotatable bonds is 2. The SMILES string of the molecule is Cc1cc(F)cc(C(=O)C2CCC(C)C2)c1. The molecular weight excluding hydrogens is 203 g/mol. The molecule has 1 aliphatic carbocycles. The van der Waals surface area contributed by atoms with Crippen molar-refractivity contribution in [3.8, 4) is 0 Å². The summed E-state index contributed by atoms with van der Waals surface area (Å²) >= 11 is 0. The van der Waals surface area contributed by atoms with Gasteiger partial charge in [0, 0.05) is 11.5 Å². The summed E-state index contributed by atoms with van der Waals surface area (Å²) in [7, 11) is 0. The van der Waals surface area contributed by atoms with E-state index in [0.717, 1.165) is 24.8 Å². The Morgan fingerprint density at radius 2 is 2.06 bits per heavy atom. The zero-order chi connectivity index (χ0) is 11.7. The van der Waals surface area contributed by atoms with Crippen LogP contribution >= 0.6 is 0 Å². The van der Waals surface area contributed by atoms with Gasteiger partial charge < -0.3 is 0 Å². The van der Waals surface area contributed by atoms with E-state index in [-0.39, 0.29) is 17.5 Å². The number of carbonyl (C=O) groups excluding carboxylic acids is 1. The number of aryl methyl sites for hydroxylation is 1. The molecule has 0 saturated heterocycles. The second-order valence-electron chi connectivity index (χ2n) is 5.00. The van der Waals surface area contributed by atoms with Crippen LogP contribution in [0.25, 0.3) is 0 Å². The van der Waals surface area contributed by atoms with E-state index in [0.29, 0.717) is 11.5 Å². The number of hydrogen-bond donors (Lipinski definition) is 0. The van der Waals surface area contributed by atoms with Crippen LogP contribution in [0.15, 0.2) is 18.2 Å². The molecule has 2 heteroatoms. The number of halogens is 1. The quantitative estimate of drug-likeness (QED) is 0.694. The monoisotopic (exact) mass is 220 g/mol. The summed E-state index contributed by atoms with van der Waals surface area (Å²) in [6, 6.07) is 4.60. The lowest BCUT2D eigenvalue weighted by Gasteiger charge is -2.09. The van der Waals surface area contributed by atoms with Gasteiger partial charge in [0.1, 0.15) is 5.82 Å². The van der Waals surface area contributed by atoms with Crippen LogP contribution < -0.4 is 0 Å². The van der Waals surface area contributed by atoms with Gasteiger partial charge in [0.2, 0.25) is 0 Å². The Morgan fingerprint density at radius 1 is 1.31 bits per heavy atom. The summed E-state index contributed by atoms with van der Waals surface area (Å²) < 4.78 is 13.2. The largest absolute Gasteiger partial charge is 0.294 e. The first kappa shape index (κ1) is 11.3. The van der Waals surface area contributed by atoms with Crippen LogP contribution in [0, 0.1) is 24.6 Å². The molecule has 0 radical (unpaired) electrons. The van der Waals surface area contributed by atoms with Crippen LogP contribution in [0.4, 0.5) is 4.39 Å². The fourth-order valence-electron chi connectivity index (χ4n) is 2.56. The maximum atomic E-state index is 13.2. The second kappa shape index (κ2) is 4.36. The Balaban J connectivity index is 2.20. The van der Waals surface area contributed by atoms with E-state index < -0.39 is 0 Å². The molecule has 0 N–H and O–H groups in total. The third-order valence-electron chi connectivity index (χ3n) is 3.39. The zero-order valence-corrected chi connectivity index (χ0v) is 9.79. The van der Waals surface area contributed by atoms with E-state index in [1.807, 2.05) is 6.92 Å². The van der Waals surface area contributed by atoms with Crippen molar-refractivity contribution in [2.45, 2.75) is 33.1 Å². The maximum absolute atomic E-state index is 13.2. The predicted octanol–water partition coefficient (Wildman–Crippen LogP) is 3.75. The lowest BCUT2D eigenvalue weighted by Crippen LogP contribution is -2.12. The summed E-state index contributed by atoms with van der Waals surface area (Å²) in [6.07, 6.45) is 3.02. The molecule has 0 aliphatic heterocycles. The van der Waals surface area contributed by atoms with Crippen molar-refractivity contribution in [2.24, 2.45) is 11.8 Å². The van der Waals surface area contributed by atoms with Crippen LogP contribution in [-0.4, -0.2) is 5.78 Å². The van der Waals surface area contributed by atoms with E-state index in [1.54, 1.807) is 6.07 Å². The predicted molar refractivity (Wildman–Crippen MR) is 62.0 cm³/mol. The van der Waals surface area contributed by atoms with Crippen molar-refractivity contribution in [1.29, 1.82) is 0 Å². The molecule has 0 amide bonds. The van der Waals surface area contributed by atoms with E-state index in [9.17, 15) is 9.18 Å². The number of hydrogen-bond acceptors (Lipinski definition) is 1. The molecule has 2 unspecified atom stereocenters. The Labute approximate surface area is 95.7 Å². The molecule has 86 valence electrons. The van der Waals surface area contributed by atoms with Crippen LogP contribution in [0.3, 0.4) is 0 Å². The highest BCUT2D eigenvalue weighted by molar-refractivity contribution is 5.98. The summed E-state index contributed by atoms with van der Waals surface area (Å²) in [6.45, 7) is 3.99. The minimum absolute atomic E-state index is 0.108. The van der Waals surface area contributed by atoms with Crippen LogP contribution in [0.5, 0.6) is 0 Å². The minimum atomic E-state index is -0.311. The molecule has 2 atom stereocenters. The molecule has 1 aliphatic rings. The molecule has 1 aromatic rings. The second-order valence-corrected chi connectivity index (χ2v) is 5.00. The van der Waals surface area contributed by atoms with E-state index in [1.165, 1.54) is 12.1 Å². The molecular formula is C14H17FO. The van der Waals surface area contributed by atoms with Gasteiger partial charge in [-0.05, 0) is 55.9 Å². The van der Waals surface area contributed by atoms with Crippen LogP contribution in [0.1, 0.15) is 42.1 Å². The van der Waals surface area contributed by atoms with Crippen LogP contribution in [0.2, 0.25) is 0 Å². The minimum Gasteiger partial charge on any atom is -0.294 e. The molecule has 0 spiro atoms. The highest BCUT2D eigenvalue weighted by Gasteiger charge is 2.28.